The number of nitrogens with zero attached hydrogens (tertiary/aromatic N) is 5. The standard InChI is InChI=1S/C9H12N6/c1-7(10-2)8-13-6-14-15(8)9-11-4-3-5-12-9/h3-7,10H,1-2H3. The van der Waals surface area contributed by atoms with Gasteiger partial charge in [0.1, 0.15) is 6.33 Å². The van der Waals surface area contributed by atoms with Crippen molar-refractivity contribution in [3.63, 3.8) is 0 Å². The van der Waals surface area contributed by atoms with Gasteiger partial charge in [-0.05, 0) is 20.0 Å². The maximum absolute atomic E-state index is 4.17. The van der Waals surface area contributed by atoms with Gasteiger partial charge in [0.15, 0.2) is 5.82 Å². The van der Waals surface area contributed by atoms with Crippen molar-refractivity contribution in [2.24, 2.45) is 0 Å². The fourth-order valence-corrected chi connectivity index (χ4v) is 1.23. The normalized spacial score (nSPS) is 12.7. The molecule has 0 amide bonds. The van der Waals surface area contributed by atoms with Gasteiger partial charge in [-0.1, -0.05) is 0 Å². The quantitative estimate of drug-likeness (QED) is 0.780. The van der Waals surface area contributed by atoms with Crippen LogP contribution < -0.4 is 5.32 Å². The molecule has 0 saturated heterocycles. The molecule has 0 bridgehead atoms. The number of hydrogen-bond acceptors (Lipinski definition) is 5. The molecular formula is C9H12N6. The highest BCUT2D eigenvalue weighted by Gasteiger charge is 2.13. The second-order valence-corrected chi connectivity index (χ2v) is 3.09. The Morgan fingerprint density at radius 3 is 2.67 bits per heavy atom. The largest absolute Gasteiger partial charge is 0.311 e. The predicted molar refractivity (Wildman–Crippen MR) is 54.4 cm³/mol. The zero-order valence-electron chi connectivity index (χ0n) is 8.62. The Morgan fingerprint density at radius 1 is 1.27 bits per heavy atom. The maximum atomic E-state index is 4.17. The molecule has 0 fully saturated rings. The van der Waals surface area contributed by atoms with E-state index in [0.717, 1.165) is 5.82 Å². The zero-order chi connectivity index (χ0) is 10.7. The van der Waals surface area contributed by atoms with Crippen LogP contribution in [-0.4, -0.2) is 31.8 Å². The van der Waals surface area contributed by atoms with Crippen molar-refractivity contribution in [1.29, 1.82) is 0 Å². The molecule has 0 aromatic carbocycles. The third kappa shape index (κ3) is 1.84. The molecule has 2 rings (SSSR count). The zero-order valence-corrected chi connectivity index (χ0v) is 8.62. The Hall–Kier alpha value is -1.82. The lowest BCUT2D eigenvalue weighted by Gasteiger charge is -2.09. The monoisotopic (exact) mass is 204 g/mol. The minimum absolute atomic E-state index is 0.108. The molecular weight excluding hydrogens is 192 g/mol. The third-order valence-corrected chi connectivity index (χ3v) is 2.14. The van der Waals surface area contributed by atoms with E-state index in [1.54, 1.807) is 23.1 Å². The Morgan fingerprint density at radius 2 is 2.00 bits per heavy atom. The van der Waals surface area contributed by atoms with Gasteiger partial charge in [0, 0.05) is 12.4 Å². The fraction of sp³-hybridized carbons (Fsp3) is 0.333. The van der Waals surface area contributed by atoms with Crippen LogP contribution in [0.5, 0.6) is 0 Å². The molecule has 15 heavy (non-hydrogen) atoms. The van der Waals surface area contributed by atoms with Crippen molar-refractivity contribution in [1.82, 2.24) is 30.0 Å². The summed E-state index contributed by atoms with van der Waals surface area (Å²) in [6.07, 6.45) is 4.86. The van der Waals surface area contributed by atoms with E-state index in [0.29, 0.717) is 5.95 Å². The van der Waals surface area contributed by atoms with Crippen molar-refractivity contribution >= 4 is 0 Å². The topological polar surface area (TPSA) is 68.5 Å². The first-order valence-electron chi connectivity index (χ1n) is 4.67. The van der Waals surface area contributed by atoms with Gasteiger partial charge in [-0.15, -0.1) is 0 Å². The molecule has 6 heteroatoms. The van der Waals surface area contributed by atoms with Gasteiger partial charge in [-0.2, -0.15) is 9.78 Å². The summed E-state index contributed by atoms with van der Waals surface area (Å²) in [5.41, 5.74) is 0. The summed E-state index contributed by atoms with van der Waals surface area (Å²) in [6, 6.07) is 1.87. The molecule has 6 nitrogen and oxygen atoms in total. The molecule has 0 aliphatic heterocycles. The lowest BCUT2D eigenvalue weighted by Crippen LogP contribution is -2.18. The van der Waals surface area contributed by atoms with Crippen LogP contribution >= 0.6 is 0 Å². The van der Waals surface area contributed by atoms with Crippen molar-refractivity contribution < 1.29 is 0 Å². The molecule has 1 unspecified atom stereocenters. The van der Waals surface area contributed by atoms with Crippen LogP contribution in [0.3, 0.4) is 0 Å². The first-order valence-corrected chi connectivity index (χ1v) is 4.67. The molecule has 0 saturated carbocycles. The molecule has 1 atom stereocenters. The Kier molecular flexibility index (Phi) is 2.68. The van der Waals surface area contributed by atoms with E-state index in [1.165, 1.54) is 6.33 Å². The molecule has 2 heterocycles. The van der Waals surface area contributed by atoms with Gasteiger partial charge in [-0.3, -0.25) is 0 Å². The van der Waals surface area contributed by atoms with Crippen LogP contribution in [0, 0.1) is 0 Å². The van der Waals surface area contributed by atoms with E-state index in [4.69, 9.17) is 0 Å². The molecule has 78 valence electrons. The van der Waals surface area contributed by atoms with Gasteiger partial charge in [0.2, 0.25) is 0 Å². The fourth-order valence-electron chi connectivity index (χ4n) is 1.23. The summed E-state index contributed by atoms with van der Waals surface area (Å²) in [4.78, 5) is 12.4. The van der Waals surface area contributed by atoms with Gasteiger partial charge >= 0.3 is 0 Å². The average molecular weight is 204 g/mol. The van der Waals surface area contributed by atoms with Crippen molar-refractivity contribution in [3.05, 3.63) is 30.6 Å². The minimum Gasteiger partial charge on any atom is -0.311 e. The highest BCUT2D eigenvalue weighted by atomic mass is 15.4. The Labute approximate surface area is 87.4 Å². The summed E-state index contributed by atoms with van der Waals surface area (Å²) < 4.78 is 1.63. The van der Waals surface area contributed by atoms with E-state index < -0.39 is 0 Å². The summed E-state index contributed by atoms with van der Waals surface area (Å²) >= 11 is 0. The predicted octanol–water partition coefficient (Wildman–Crippen LogP) is 0.338. The first-order chi connectivity index (χ1) is 7.33. The number of rotatable bonds is 3. The number of aromatic nitrogens is 5. The van der Waals surface area contributed by atoms with E-state index in [9.17, 15) is 0 Å². The lowest BCUT2D eigenvalue weighted by molar-refractivity contribution is 0.580. The molecule has 1 N–H and O–H groups in total. The first kappa shape index (κ1) is 9.72. The van der Waals surface area contributed by atoms with Crippen molar-refractivity contribution in [2.75, 3.05) is 7.05 Å². The molecule has 0 spiro atoms. The van der Waals surface area contributed by atoms with Gasteiger partial charge in [-0.25, -0.2) is 15.0 Å². The lowest BCUT2D eigenvalue weighted by atomic mass is 10.3. The highest BCUT2D eigenvalue weighted by Crippen LogP contribution is 2.10. The number of nitrogens with one attached hydrogen (secondary N) is 1. The maximum Gasteiger partial charge on any atom is 0.252 e. The van der Waals surface area contributed by atoms with Crippen LogP contribution in [0.2, 0.25) is 0 Å². The van der Waals surface area contributed by atoms with E-state index in [1.807, 2.05) is 14.0 Å². The van der Waals surface area contributed by atoms with Gasteiger partial charge in [0.25, 0.3) is 5.95 Å². The third-order valence-electron chi connectivity index (χ3n) is 2.14. The molecule has 0 aliphatic carbocycles. The minimum atomic E-state index is 0.108. The molecule has 0 aliphatic rings. The Balaban J connectivity index is 2.41. The summed E-state index contributed by atoms with van der Waals surface area (Å²) in [6.45, 7) is 2.00. The summed E-state index contributed by atoms with van der Waals surface area (Å²) in [5.74, 6) is 1.33. The van der Waals surface area contributed by atoms with Crippen LogP contribution in [0.1, 0.15) is 18.8 Å². The van der Waals surface area contributed by atoms with Crippen LogP contribution in [-0.2, 0) is 0 Å². The molecule has 0 radical (unpaired) electrons. The van der Waals surface area contributed by atoms with Crippen LogP contribution in [0.4, 0.5) is 0 Å². The van der Waals surface area contributed by atoms with Crippen molar-refractivity contribution in [3.8, 4) is 5.95 Å². The molecule has 2 aromatic rings. The summed E-state index contributed by atoms with van der Waals surface area (Å²) in [5, 5.41) is 7.19. The highest BCUT2D eigenvalue weighted by molar-refractivity contribution is 5.11. The van der Waals surface area contributed by atoms with Crippen molar-refractivity contribution in [2.45, 2.75) is 13.0 Å². The second-order valence-electron chi connectivity index (χ2n) is 3.09. The van der Waals surface area contributed by atoms with Crippen LogP contribution in [0.25, 0.3) is 5.95 Å². The van der Waals surface area contributed by atoms with E-state index >= 15 is 0 Å². The number of hydrogen-bond donors (Lipinski definition) is 1. The smallest absolute Gasteiger partial charge is 0.252 e. The van der Waals surface area contributed by atoms with E-state index in [-0.39, 0.29) is 6.04 Å². The average Bonchev–Trinajstić information content (AvgIpc) is 2.78. The summed E-state index contributed by atoms with van der Waals surface area (Å²) in [7, 11) is 1.87. The Bertz CT molecular complexity index is 423. The van der Waals surface area contributed by atoms with E-state index in [2.05, 4.69) is 25.4 Å². The SMILES string of the molecule is CNC(C)c1ncnn1-c1ncccn1. The van der Waals surface area contributed by atoms with Gasteiger partial charge < -0.3 is 5.32 Å². The van der Waals surface area contributed by atoms with Crippen LogP contribution in [0.15, 0.2) is 24.8 Å². The second kappa shape index (κ2) is 4.14. The van der Waals surface area contributed by atoms with Gasteiger partial charge in [0.05, 0.1) is 6.04 Å². The molecule has 2 aromatic heterocycles.